The van der Waals surface area contributed by atoms with Gasteiger partial charge >= 0.3 is 5.97 Å². The lowest BCUT2D eigenvalue weighted by molar-refractivity contribution is 0.0600. The number of nitrogens with zero attached hydrogens (tertiary/aromatic N) is 3. The van der Waals surface area contributed by atoms with Gasteiger partial charge < -0.3 is 29.0 Å². The number of methoxy groups -OCH3 is 2. The van der Waals surface area contributed by atoms with E-state index < -0.39 is 5.97 Å². The number of hydrogen-bond acceptors (Lipinski definition) is 6. The van der Waals surface area contributed by atoms with Crippen molar-refractivity contribution in [3.8, 4) is 11.4 Å². The molecule has 4 aromatic rings. The molecule has 0 unspecified atom stereocenters. The Morgan fingerprint density at radius 3 is 2.64 bits per heavy atom. The van der Waals surface area contributed by atoms with E-state index in [0.29, 0.717) is 34.7 Å². The highest BCUT2D eigenvalue weighted by atomic mass is 35.5. The minimum atomic E-state index is -0.398. The van der Waals surface area contributed by atoms with Gasteiger partial charge in [-0.1, -0.05) is 23.7 Å². The summed E-state index contributed by atoms with van der Waals surface area (Å²) < 4.78 is 17.8. The maximum atomic E-state index is 12.2. The number of halogens is 1. The molecule has 0 bridgehead atoms. The van der Waals surface area contributed by atoms with E-state index in [2.05, 4.69) is 10.3 Å². The van der Waals surface area contributed by atoms with Crippen LogP contribution in [0.2, 0.25) is 5.02 Å². The van der Waals surface area contributed by atoms with Gasteiger partial charge in [-0.25, -0.2) is 4.79 Å². The Morgan fingerprint density at radius 1 is 1.03 bits per heavy atom. The minimum absolute atomic E-state index is 0.257. The number of pyridine rings is 1. The van der Waals surface area contributed by atoms with Crippen molar-refractivity contribution in [2.45, 2.75) is 12.1 Å². The molecular formula is C29H27ClN4O4S. The van der Waals surface area contributed by atoms with Gasteiger partial charge in [0.2, 0.25) is 0 Å². The van der Waals surface area contributed by atoms with E-state index in [1.165, 1.54) is 7.11 Å². The molecule has 200 valence electrons. The van der Waals surface area contributed by atoms with Gasteiger partial charge in [-0.05, 0) is 72.9 Å². The van der Waals surface area contributed by atoms with Crippen LogP contribution >= 0.6 is 23.8 Å². The van der Waals surface area contributed by atoms with Crippen molar-refractivity contribution in [1.29, 1.82) is 0 Å². The Labute approximate surface area is 237 Å². The zero-order valence-corrected chi connectivity index (χ0v) is 23.0. The Hall–Kier alpha value is -3.92. The Bertz CT molecular complexity index is 1480. The fraction of sp³-hybridized carbons (Fsp3) is 0.207. The first kappa shape index (κ1) is 26.7. The predicted octanol–water partition coefficient (Wildman–Crippen LogP) is 5.51. The van der Waals surface area contributed by atoms with Crippen molar-refractivity contribution in [2.24, 2.45) is 0 Å². The second kappa shape index (κ2) is 11.9. The van der Waals surface area contributed by atoms with Crippen molar-refractivity contribution in [3.05, 3.63) is 107 Å². The van der Waals surface area contributed by atoms with Crippen molar-refractivity contribution >= 4 is 40.6 Å². The van der Waals surface area contributed by atoms with Crippen molar-refractivity contribution in [3.63, 3.8) is 0 Å². The van der Waals surface area contributed by atoms with Gasteiger partial charge in [-0.15, -0.1) is 0 Å². The summed E-state index contributed by atoms with van der Waals surface area (Å²) in [6.45, 7) is 0.849. The minimum Gasteiger partial charge on any atom is -0.490 e. The van der Waals surface area contributed by atoms with Crippen LogP contribution in [0.1, 0.15) is 33.8 Å². The first-order chi connectivity index (χ1) is 19.0. The van der Waals surface area contributed by atoms with Crippen LogP contribution in [0.3, 0.4) is 0 Å². The second-order valence-corrected chi connectivity index (χ2v) is 9.59. The molecule has 2 aromatic heterocycles. The van der Waals surface area contributed by atoms with E-state index >= 15 is 0 Å². The average Bonchev–Trinajstić information content (AvgIpc) is 3.58. The number of carbonyl (C=O) groups excluding carboxylic acids is 1. The molecule has 0 aliphatic carbocycles. The maximum Gasteiger partial charge on any atom is 0.337 e. The van der Waals surface area contributed by atoms with Gasteiger partial charge in [0.25, 0.3) is 0 Å². The van der Waals surface area contributed by atoms with E-state index in [0.717, 1.165) is 22.8 Å². The molecule has 0 saturated carbocycles. The molecule has 0 amide bonds. The zero-order valence-electron chi connectivity index (χ0n) is 21.4. The summed E-state index contributed by atoms with van der Waals surface area (Å²) in [6, 6.07) is 22.2. The van der Waals surface area contributed by atoms with Crippen LogP contribution < -0.4 is 15.0 Å². The number of ether oxygens (including phenoxy) is 3. The molecule has 5 rings (SSSR count). The first-order valence-electron chi connectivity index (χ1n) is 12.3. The lowest BCUT2D eigenvalue weighted by Crippen LogP contribution is -2.30. The van der Waals surface area contributed by atoms with E-state index in [4.69, 9.17) is 38.0 Å². The molecule has 8 nitrogen and oxygen atoms in total. The van der Waals surface area contributed by atoms with Gasteiger partial charge in [0, 0.05) is 36.6 Å². The summed E-state index contributed by atoms with van der Waals surface area (Å²) in [4.78, 5) is 18.9. The summed E-state index contributed by atoms with van der Waals surface area (Å²) in [5, 5.41) is 4.47. The Morgan fingerprint density at radius 2 is 1.90 bits per heavy atom. The molecule has 10 heteroatoms. The highest BCUT2D eigenvalue weighted by Crippen LogP contribution is 2.43. The van der Waals surface area contributed by atoms with Crippen LogP contribution in [0.25, 0.3) is 5.69 Å². The number of nitrogens with one attached hydrogen (secondary N) is 1. The third-order valence-corrected chi connectivity index (χ3v) is 7.08. The molecule has 3 heterocycles. The third-order valence-electron chi connectivity index (χ3n) is 6.47. The van der Waals surface area contributed by atoms with E-state index in [1.807, 2.05) is 76.3 Å². The molecule has 1 N–H and O–H groups in total. The molecule has 1 fully saturated rings. The van der Waals surface area contributed by atoms with Crippen LogP contribution in [-0.2, 0) is 9.47 Å². The molecule has 1 aliphatic rings. The van der Waals surface area contributed by atoms with Crippen LogP contribution in [0.15, 0.2) is 85.2 Å². The molecule has 2 aromatic carbocycles. The monoisotopic (exact) mass is 562 g/mol. The lowest BCUT2D eigenvalue weighted by atomic mass is 10.0. The predicted molar refractivity (Wildman–Crippen MR) is 154 cm³/mol. The van der Waals surface area contributed by atoms with Gasteiger partial charge in [0.1, 0.15) is 18.4 Å². The van der Waals surface area contributed by atoms with Gasteiger partial charge in [-0.2, -0.15) is 0 Å². The molecule has 0 spiro atoms. The highest BCUT2D eigenvalue weighted by molar-refractivity contribution is 7.80. The van der Waals surface area contributed by atoms with Crippen LogP contribution in [0, 0.1) is 0 Å². The molecule has 1 aliphatic heterocycles. The van der Waals surface area contributed by atoms with Crippen molar-refractivity contribution < 1.29 is 19.0 Å². The number of benzene rings is 2. The largest absolute Gasteiger partial charge is 0.490 e. The fourth-order valence-corrected chi connectivity index (χ4v) is 5.27. The second-order valence-electron chi connectivity index (χ2n) is 8.80. The summed E-state index contributed by atoms with van der Waals surface area (Å²) in [5.41, 5.74) is 3.86. The number of hydrogen-bond donors (Lipinski definition) is 1. The average molecular weight is 563 g/mol. The number of anilines is 1. The lowest BCUT2D eigenvalue weighted by Gasteiger charge is -2.29. The molecule has 39 heavy (non-hydrogen) atoms. The summed E-state index contributed by atoms with van der Waals surface area (Å²) in [6.07, 6.45) is 3.72. The van der Waals surface area contributed by atoms with E-state index in [9.17, 15) is 4.79 Å². The van der Waals surface area contributed by atoms with Crippen LogP contribution in [0.5, 0.6) is 5.75 Å². The zero-order chi connectivity index (χ0) is 27.4. The quantitative estimate of drug-likeness (QED) is 0.162. The number of aromatic nitrogens is 2. The summed E-state index contributed by atoms with van der Waals surface area (Å²) in [5.74, 6) is 0.168. The molecule has 1 saturated heterocycles. The third kappa shape index (κ3) is 5.47. The Kier molecular flexibility index (Phi) is 8.11. The van der Waals surface area contributed by atoms with Crippen LogP contribution in [-0.4, -0.2) is 48.1 Å². The smallest absolute Gasteiger partial charge is 0.337 e. The number of rotatable bonds is 9. The SMILES string of the molecule is COCCOc1ccc(N2C(=S)N[C@@H](c3ccccn3)[C@@H]2c2cccn2-c2cccc(C(=O)OC)c2)cc1Cl. The van der Waals surface area contributed by atoms with Crippen molar-refractivity contribution in [2.75, 3.05) is 32.3 Å². The highest BCUT2D eigenvalue weighted by Gasteiger charge is 2.42. The van der Waals surface area contributed by atoms with Crippen LogP contribution in [0.4, 0.5) is 5.69 Å². The number of esters is 1. The summed E-state index contributed by atoms with van der Waals surface area (Å²) in [7, 11) is 2.99. The first-order valence-corrected chi connectivity index (χ1v) is 13.1. The fourth-order valence-electron chi connectivity index (χ4n) is 4.70. The summed E-state index contributed by atoms with van der Waals surface area (Å²) >= 11 is 12.5. The molecule has 0 radical (unpaired) electrons. The number of carbonyl (C=O) groups is 1. The van der Waals surface area contributed by atoms with E-state index in [-0.39, 0.29) is 12.1 Å². The standard InChI is InChI=1S/C29H27ClN4O4S/c1-36-15-16-38-25-12-11-21(18-22(25)30)34-27(26(32-29(34)39)23-9-3-4-13-31-23)24-10-6-14-33(24)20-8-5-7-19(17-20)28(35)37-2/h3-14,17-18,26-27H,15-16H2,1-2H3,(H,32,39)/t26-,27-/m0/s1. The topological polar surface area (TPSA) is 77.9 Å². The normalized spacial score (nSPS) is 16.7. The number of thiocarbonyl (C=S) groups is 1. The van der Waals surface area contributed by atoms with Gasteiger partial charge in [0.05, 0.1) is 36.0 Å². The van der Waals surface area contributed by atoms with E-state index in [1.54, 1.807) is 25.4 Å². The molecular weight excluding hydrogens is 536 g/mol. The maximum absolute atomic E-state index is 12.2. The molecule has 2 atom stereocenters. The van der Waals surface area contributed by atoms with Crippen molar-refractivity contribution in [1.82, 2.24) is 14.9 Å². The van der Waals surface area contributed by atoms with Gasteiger partial charge in [-0.3, -0.25) is 4.98 Å². The van der Waals surface area contributed by atoms with Gasteiger partial charge in [0.15, 0.2) is 5.11 Å². The Balaban J connectivity index is 1.59.